The number of hydrogen-bond acceptors (Lipinski definition) is 10. The van der Waals surface area contributed by atoms with Crippen LogP contribution in [0, 0.1) is 40.5 Å². The second kappa shape index (κ2) is 4.85. The van der Waals surface area contributed by atoms with Crippen LogP contribution in [0.25, 0.3) is 0 Å². The van der Waals surface area contributed by atoms with E-state index in [1.54, 1.807) is 0 Å². The zero-order valence-electron chi connectivity index (χ0n) is 10.00. The minimum atomic E-state index is -1.38. The first kappa shape index (κ1) is 14.4. The van der Waals surface area contributed by atoms with E-state index in [1.807, 2.05) is 0 Å². The molecule has 0 aliphatic heterocycles. The highest BCUT2D eigenvalue weighted by Gasteiger charge is 2.42. The molecule has 2 heterocycles. The van der Waals surface area contributed by atoms with Crippen molar-refractivity contribution >= 4 is 23.4 Å². The second-order valence-corrected chi connectivity index (χ2v) is 3.51. The van der Waals surface area contributed by atoms with Crippen molar-refractivity contribution in [2.75, 3.05) is 0 Å². The Morgan fingerprint density at radius 3 is 1.95 bits per heavy atom. The first-order valence-corrected chi connectivity index (χ1v) is 4.99. The molecule has 0 aliphatic rings. The Kier molecular flexibility index (Phi) is 3.18. The third-order valence-electron chi connectivity index (χ3n) is 2.28. The lowest BCUT2D eigenvalue weighted by atomic mass is 10.7. The van der Waals surface area contributed by atoms with Crippen molar-refractivity contribution < 1.29 is 19.7 Å². The van der Waals surface area contributed by atoms with Crippen molar-refractivity contribution in [3.8, 4) is 0 Å². The molecule has 2 aromatic rings. The Balaban J connectivity index is 2.81. The number of hydrogen-bond donors (Lipinski definition) is 0. The molecule has 114 valence electrons. The van der Waals surface area contributed by atoms with E-state index in [0.717, 1.165) is 0 Å². The average Bonchev–Trinajstić information content (AvgIpc) is 3.02. The van der Waals surface area contributed by atoms with E-state index in [-0.39, 0.29) is 4.68 Å². The molecule has 0 aromatic carbocycles. The van der Waals surface area contributed by atoms with Gasteiger partial charge in [0.05, 0.1) is 4.98 Å². The van der Waals surface area contributed by atoms with Gasteiger partial charge in [-0.1, -0.05) is 0 Å². The fourth-order valence-corrected chi connectivity index (χ4v) is 1.50. The van der Waals surface area contributed by atoms with Gasteiger partial charge in [0.1, 0.15) is 6.20 Å². The fourth-order valence-electron chi connectivity index (χ4n) is 1.50. The molecule has 0 atom stereocenters. The summed E-state index contributed by atoms with van der Waals surface area (Å²) < 4.78 is 0.604. The highest BCUT2D eigenvalue weighted by molar-refractivity contribution is 5.47. The van der Waals surface area contributed by atoms with Gasteiger partial charge in [-0.2, -0.15) is 0 Å². The summed E-state index contributed by atoms with van der Waals surface area (Å²) in [5.41, 5.74) is 0. The predicted octanol–water partition coefficient (Wildman–Crippen LogP) is 0.0238. The highest BCUT2D eigenvalue weighted by atomic mass is 16.7. The van der Waals surface area contributed by atoms with Crippen LogP contribution in [0.3, 0.4) is 0 Å². The molecular formula is C6H2N8O8. The van der Waals surface area contributed by atoms with E-state index < -0.39 is 43.1 Å². The van der Waals surface area contributed by atoms with Crippen molar-refractivity contribution in [1.29, 1.82) is 0 Å². The van der Waals surface area contributed by atoms with Gasteiger partial charge in [0, 0.05) is 0 Å². The summed E-state index contributed by atoms with van der Waals surface area (Å²) in [7, 11) is 0. The maximum absolute atomic E-state index is 10.9. The van der Waals surface area contributed by atoms with Crippen LogP contribution < -0.4 is 0 Å². The highest BCUT2D eigenvalue weighted by Crippen LogP contribution is 2.31. The molecule has 2 rings (SSSR count). The number of rotatable bonds is 5. The minimum Gasteiger partial charge on any atom is -0.389 e. The molecule has 16 nitrogen and oxygen atoms in total. The molecule has 0 saturated heterocycles. The molecule has 0 amide bonds. The molecule has 0 unspecified atom stereocenters. The number of nitrogens with zero attached hydrogens (tertiary/aromatic N) is 8. The van der Waals surface area contributed by atoms with Crippen LogP contribution in [0.2, 0.25) is 0 Å². The number of aromatic nitrogens is 4. The molecule has 22 heavy (non-hydrogen) atoms. The Morgan fingerprint density at radius 2 is 1.55 bits per heavy atom. The maximum Gasteiger partial charge on any atom is 0.531 e. The molecule has 2 aromatic heterocycles. The van der Waals surface area contributed by atoms with Gasteiger partial charge in [-0.3, -0.25) is 0 Å². The van der Waals surface area contributed by atoms with E-state index in [2.05, 4.69) is 9.97 Å². The van der Waals surface area contributed by atoms with E-state index in [0.29, 0.717) is 17.2 Å². The van der Waals surface area contributed by atoms with E-state index in [1.165, 1.54) is 0 Å². The maximum atomic E-state index is 10.9. The number of imidazole rings is 2. The van der Waals surface area contributed by atoms with Crippen LogP contribution in [0.15, 0.2) is 12.5 Å². The van der Waals surface area contributed by atoms with Gasteiger partial charge < -0.3 is 40.5 Å². The Hall–Kier alpha value is -3.98. The summed E-state index contributed by atoms with van der Waals surface area (Å²) in [5, 5.41) is 43.1. The zero-order chi connectivity index (χ0) is 16.6. The van der Waals surface area contributed by atoms with Gasteiger partial charge >= 0.3 is 23.4 Å². The molecule has 0 N–H and O–H groups in total. The smallest absolute Gasteiger partial charge is 0.389 e. The Bertz CT molecular complexity index is 819. The summed E-state index contributed by atoms with van der Waals surface area (Å²) in [6.07, 6.45) is 1.24. The quantitative estimate of drug-likeness (QED) is 0.533. The normalized spacial score (nSPS) is 10.4. The molecule has 0 radical (unpaired) electrons. The monoisotopic (exact) mass is 314 g/mol. The summed E-state index contributed by atoms with van der Waals surface area (Å²) in [6.45, 7) is 0. The predicted molar refractivity (Wildman–Crippen MR) is 61.9 cm³/mol. The Labute approximate surface area is 116 Å². The summed E-state index contributed by atoms with van der Waals surface area (Å²) in [5.74, 6) is -4.78. The van der Waals surface area contributed by atoms with E-state index in [4.69, 9.17) is 0 Å². The molecule has 16 heteroatoms. The first-order valence-electron chi connectivity index (χ1n) is 4.99. The summed E-state index contributed by atoms with van der Waals surface area (Å²) >= 11 is 0. The average molecular weight is 314 g/mol. The molecular weight excluding hydrogens is 312 g/mol. The summed E-state index contributed by atoms with van der Waals surface area (Å²) in [4.78, 5) is 44.5. The van der Waals surface area contributed by atoms with E-state index in [9.17, 15) is 40.5 Å². The zero-order valence-corrected chi connectivity index (χ0v) is 10.00. The minimum absolute atomic E-state index is 0.123. The third kappa shape index (κ3) is 2.15. The third-order valence-corrected chi connectivity index (χ3v) is 2.28. The van der Waals surface area contributed by atoms with Crippen LogP contribution in [0.4, 0.5) is 23.4 Å². The SMILES string of the molecule is O=[N+]([O-])c1cn(-n2c([N+](=O)[O-])nc([N+](=O)[O-])c2[N+](=O)[O-])cn1. The van der Waals surface area contributed by atoms with Crippen LogP contribution in [0.1, 0.15) is 0 Å². The van der Waals surface area contributed by atoms with Gasteiger partial charge in [-0.25, -0.2) is 0 Å². The standard InChI is InChI=1S/C6H2N8O8/c15-11(16)3-1-9(2-7-3)10-5(13(19)20)4(12(17)18)8-6(10)14(21)22/h1-2H. The van der Waals surface area contributed by atoms with Gasteiger partial charge in [0.15, 0.2) is 0 Å². The largest absolute Gasteiger partial charge is 0.531 e. The van der Waals surface area contributed by atoms with Crippen LogP contribution in [0.5, 0.6) is 0 Å². The molecule has 0 bridgehead atoms. The lowest BCUT2D eigenvalue weighted by molar-refractivity contribution is -0.429. The van der Waals surface area contributed by atoms with Crippen molar-refractivity contribution in [3.05, 3.63) is 53.0 Å². The fraction of sp³-hybridized carbons (Fsp3) is 0. The van der Waals surface area contributed by atoms with Gasteiger partial charge in [0.25, 0.3) is 0 Å². The first-order chi connectivity index (χ1) is 10.2. The van der Waals surface area contributed by atoms with Crippen LogP contribution in [-0.2, 0) is 0 Å². The molecule has 0 fully saturated rings. The van der Waals surface area contributed by atoms with Gasteiger partial charge in [-0.15, -0.1) is 4.68 Å². The van der Waals surface area contributed by atoms with Crippen molar-refractivity contribution in [2.45, 2.75) is 0 Å². The summed E-state index contributed by atoms with van der Waals surface area (Å²) in [6, 6.07) is 0. The second-order valence-electron chi connectivity index (χ2n) is 3.51. The van der Waals surface area contributed by atoms with Crippen molar-refractivity contribution in [3.63, 3.8) is 0 Å². The van der Waals surface area contributed by atoms with Crippen LogP contribution >= 0.6 is 0 Å². The molecule has 0 saturated carbocycles. The lowest BCUT2D eigenvalue weighted by Crippen LogP contribution is -2.13. The van der Waals surface area contributed by atoms with Crippen molar-refractivity contribution in [2.24, 2.45) is 0 Å². The lowest BCUT2D eigenvalue weighted by Gasteiger charge is -1.98. The van der Waals surface area contributed by atoms with Gasteiger partial charge in [-0.05, 0) is 29.4 Å². The van der Waals surface area contributed by atoms with E-state index >= 15 is 0 Å². The topological polar surface area (TPSA) is 208 Å². The number of nitro groups is 4. The van der Waals surface area contributed by atoms with Crippen molar-refractivity contribution in [1.82, 2.24) is 19.3 Å². The molecule has 0 spiro atoms. The molecule has 0 aliphatic carbocycles. The van der Waals surface area contributed by atoms with Gasteiger partial charge in [0.2, 0.25) is 6.33 Å². The Morgan fingerprint density at radius 1 is 0.909 bits per heavy atom. The van der Waals surface area contributed by atoms with Crippen LogP contribution in [-0.4, -0.2) is 39.0 Å².